The average Bonchev–Trinajstić information content (AvgIpc) is 3.44. The molecule has 6 nitrogen and oxygen atoms in total. The minimum Gasteiger partial charge on any atom is -0.462 e. The van der Waals surface area contributed by atoms with Gasteiger partial charge in [-0.15, -0.1) is 0 Å². The quantitative estimate of drug-likeness (QED) is 0.0261. The summed E-state index contributed by atoms with van der Waals surface area (Å²) in [6.45, 7) is 6.52. The molecule has 6 heteroatoms. The molecule has 0 rings (SSSR count). The molecule has 0 amide bonds. The lowest BCUT2D eigenvalue weighted by Crippen LogP contribution is -2.30. The van der Waals surface area contributed by atoms with Gasteiger partial charge in [0.1, 0.15) is 13.2 Å². The molecule has 0 saturated carbocycles. The van der Waals surface area contributed by atoms with Crippen LogP contribution < -0.4 is 0 Å². The SMILES string of the molecule is CC/C=C\C/C=C\C/C=C\C/C=C\C/C=C\CCCCCCCCCCCC(=O)OCC(COC(=O)CCCCCCC/C=C\C/C=C\CCCC)OC(=O)CCCCCCCCCCCCCCCCCCCCCCC. The number of ether oxygens (including phenoxy) is 3. The molecule has 0 saturated heterocycles. The molecule has 0 aromatic heterocycles. The summed E-state index contributed by atoms with van der Waals surface area (Å²) in [4.78, 5) is 38.4. The molecule has 1 atom stereocenters. The number of unbranched alkanes of at least 4 members (excludes halogenated alkanes) is 36. The second-order valence-electron chi connectivity index (χ2n) is 22.4. The zero-order chi connectivity index (χ0) is 56.4. The Balaban J connectivity index is 4.33. The molecule has 0 aliphatic carbocycles. The van der Waals surface area contributed by atoms with Crippen molar-refractivity contribution in [2.75, 3.05) is 13.2 Å². The highest BCUT2D eigenvalue weighted by atomic mass is 16.6. The summed E-state index contributed by atoms with van der Waals surface area (Å²) in [5, 5.41) is 0. The van der Waals surface area contributed by atoms with Crippen molar-refractivity contribution in [1.29, 1.82) is 0 Å². The molecule has 0 aliphatic heterocycles. The van der Waals surface area contributed by atoms with Crippen LogP contribution in [0.4, 0.5) is 0 Å². The second kappa shape index (κ2) is 66.1. The van der Waals surface area contributed by atoms with Crippen LogP contribution in [-0.4, -0.2) is 37.2 Å². The van der Waals surface area contributed by atoms with Gasteiger partial charge in [0, 0.05) is 19.3 Å². The Morgan fingerprint density at radius 3 is 0.821 bits per heavy atom. The Morgan fingerprint density at radius 2 is 0.513 bits per heavy atom. The smallest absolute Gasteiger partial charge is 0.306 e. The van der Waals surface area contributed by atoms with E-state index in [1.165, 1.54) is 180 Å². The normalized spacial score (nSPS) is 12.6. The molecule has 1 unspecified atom stereocenters. The Labute approximate surface area is 484 Å². The number of hydrogen-bond donors (Lipinski definition) is 0. The third-order valence-corrected chi connectivity index (χ3v) is 14.6. The largest absolute Gasteiger partial charge is 0.462 e. The summed E-state index contributed by atoms with van der Waals surface area (Å²) in [7, 11) is 0. The maximum Gasteiger partial charge on any atom is 0.306 e. The molecule has 0 radical (unpaired) electrons. The number of hydrogen-bond acceptors (Lipinski definition) is 6. The van der Waals surface area contributed by atoms with Crippen LogP contribution in [-0.2, 0) is 28.6 Å². The van der Waals surface area contributed by atoms with Crippen molar-refractivity contribution in [2.45, 2.75) is 341 Å². The van der Waals surface area contributed by atoms with Crippen molar-refractivity contribution in [3.05, 3.63) is 85.1 Å². The minimum absolute atomic E-state index is 0.0815. The zero-order valence-electron chi connectivity index (χ0n) is 51.7. The highest BCUT2D eigenvalue weighted by Crippen LogP contribution is 2.17. The highest BCUT2D eigenvalue weighted by Gasteiger charge is 2.19. The summed E-state index contributed by atoms with van der Waals surface area (Å²) in [5.41, 5.74) is 0. The lowest BCUT2D eigenvalue weighted by molar-refractivity contribution is -0.167. The Bertz CT molecular complexity index is 1480. The summed E-state index contributed by atoms with van der Waals surface area (Å²) in [5.74, 6) is -0.884. The van der Waals surface area contributed by atoms with Gasteiger partial charge in [0.15, 0.2) is 6.10 Å². The van der Waals surface area contributed by atoms with Crippen LogP contribution in [0, 0.1) is 0 Å². The van der Waals surface area contributed by atoms with E-state index in [9.17, 15) is 14.4 Å². The van der Waals surface area contributed by atoms with Crippen LogP contribution in [0.1, 0.15) is 335 Å². The molecular formula is C72H126O6. The van der Waals surface area contributed by atoms with E-state index in [1.807, 2.05) is 0 Å². The number of allylic oxidation sites excluding steroid dienone is 14. The van der Waals surface area contributed by atoms with Gasteiger partial charge >= 0.3 is 17.9 Å². The van der Waals surface area contributed by atoms with E-state index in [0.29, 0.717) is 19.3 Å². The van der Waals surface area contributed by atoms with E-state index >= 15 is 0 Å². The van der Waals surface area contributed by atoms with Crippen LogP contribution >= 0.6 is 0 Å². The summed E-state index contributed by atoms with van der Waals surface area (Å²) in [6, 6.07) is 0. The van der Waals surface area contributed by atoms with Gasteiger partial charge in [-0.1, -0.05) is 311 Å². The van der Waals surface area contributed by atoms with Crippen molar-refractivity contribution >= 4 is 17.9 Å². The number of carbonyl (C=O) groups is 3. The van der Waals surface area contributed by atoms with Gasteiger partial charge in [0.05, 0.1) is 0 Å². The van der Waals surface area contributed by atoms with E-state index in [1.54, 1.807) is 0 Å². The molecule has 78 heavy (non-hydrogen) atoms. The lowest BCUT2D eigenvalue weighted by Gasteiger charge is -2.18. The van der Waals surface area contributed by atoms with Gasteiger partial charge in [-0.25, -0.2) is 0 Å². The first-order valence-corrected chi connectivity index (χ1v) is 33.6. The van der Waals surface area contributed by atoms with Crippen LogP contribution in [0.3, 0.4) is 0 Å². The maximum absolute atomic E-state index is 12.9. The lowest BCUT2D eigenvalue weighted by atomic mass is 10.0. The number of esters is 3. The molecule has 0 aromatic carbocycles. The van der Waals surface area contributed by atoms with Crippen LogP contribution in [0.2, 0.25) is 0 Å². The standard InChI is InChI=1S/C72H126O6/c1-4-7-10-13-16-19-22-25-28-30-32-34-35-36-37-39-40-42-44-47-50-53-56-59-62-65-71(74)77-68-69(67-76-70(73)64-61-58-55-52-49-46-27-24-21-18-15-12-9-6-3)78-72(75)66-63-60-57-54-51-48-45-43-41-38-33-31-29-26-23-20-17-14-11-8-5-2/h7,10,15-16,18-19,24-25,27-28,32,34,36-37,69H,4-6,8-9,11-14,17,20-23,26,29-31,33,35,38-68H2,1-3H3/b10-7-,18-15-,19-16-,27-24-,28-25-,34-32-,37-36-. The minimum atomic E-state index is -0.785. The Hall–Kier alpha value is -3.41. The second-order valence-corrected chi connectivity index (χ2v) is 22.4. The molecule has 0 N–H and O–H groups in total. The Morgan fingerprint density at radius 1 is 0.269 bits per heavy atom. The number of rotatable bonds is 61. The highest BCUT2D eigenvalue weighted by molar-refractivity contribution is 5.71. The molecular weight excluding hydrogens is 961 g/mol. The summed E-state index contributed by atoms with van der Waals surface area (Å²) >= 11 is 0. The van der Waals surface area contributed by atoms with Crippen molar-refractivity contribution in [1.82, 2.24) is 0 Å². The fourth-order valence-corrected chi connectivity index (χ4v) is 9.61. The topological polar surface area (TPSA) is 78.9 Å². The number of carbonyl (C=O) groups excluding carboxylic acids is 3. The van der Waals surface area contributed by atoms with Gasteiger partial charge in [-0.2, -0.15) is 0 Å². The van der Waals surface area contributed by atoms with Crippen LogP contribution in [0.25, 0.3) is 0 Å². The van der Waals surface area contributed by atoms with Gasteiger partial charge in [-0.3, -0.25) is 14.4 Å². The molecule has 0 fully saturated rings. The van der Waals surface area contributed by atoms with Crippen molar-refractivity contribution in [3.8, 4) is 0 Å². The van der Waals surface area contributed by atoms with Crippen LogP contribution in [0.5, 0.6) is 0 Å². The predicted molar refractivity (Wildman–Crippen MR) is 339 cm³/mol. The monoisotopic (exact) mass is 1090 g/mol. The van der Waals surface area contributed by atoms with Gasteiger partial charge in [-0.05, 0) is 89.9 Å². The molecule has 0 aliphatic rings. The molecule has 0 bridgehead atoms. The first-order chi connectivity index (χ1) is 38.5. The van der Waals surface area contributed by atoms with Gasteiger partial charge in [0.2, 0.25) is 0 Å². The molecule has 450 valence electrons. The summed E-state index contributed by atoms with van der Waals surface area (Å²) in [6.07, 6.45) is 87.4. The van der Waals surface area contributed by atoms with Crippen molar-refractivity contribution in [3.63, 3.8) is 0 Å². The van der Waals surface area contributed by atoms with Crippen molar-refractivity contribution < 1.29 is 28.6 Å². The van der Waals surface area contributed by atoms with E-state index in [2.05, 4.69) is 106 Å². The van der Waals surface area contributed by atoms with E-state index < -0.39 is 6.10 Å². The molecule has 0 spiro atoms. The zero-order valence-corrected chi connectivity index (χ0v) is 51.7. The maximum atomic E-state index is 12.9. The third-order valence-electron chi connectivity index (χ3n) is 14.6. The summed E-state index contributed by atoms with van der Waals surface area (Å²) < 4.78 is 17.0. The fraction of sp³-hybridized carbons (Fsp3) is 0.764. The first kappa shape index (κ1) is 74.6. The van der Waals surface area contributed by atoms with Crippen LogP contribution in [0.15, 0.2) is 85.1 Å². The third kappa shape index (κ3) is 63.4. The van der Waals surface area contributed by atoms with Gasteiger partial charge < -0.3 is 14.2 Å². The first-order valence-electron chi connectivity index (χ1n) is 33.6. The van der Waals surface area contributed by atoms with E-state index in [0.717, 1.165) is 116 Å². The molecule has 0 heterocycles. The van der Waals surface area contributed by atoms with E-state index in [-0.39, 0.29) is 31.1 Å². The van der Waals surface area contributed by atoms with E-state index in [4.69, 9.17) is 14.2 Å². The average molecular weight is 1090 g/mol. The predicted octanol–water partition coefficient (Wildman–Crippen LogP) is 23.1. The fourth-order valence-electron chi connectivity index (χ4n) is 9.61. The molecule has 0 aromatic rings. The van der Waals surface area contributed by atoms with Crippen molar-refractivity contribution in [2.24, 2.45) is 0 Å². The van der Waals surface area contributed by atoms with Gasteiger partial charge in [0.25, 0.3) is 0 Å². The Kier molecular flexibility index (Phi) is 63.2.